The number of benzene rings is 2. The lowest BCUT2D eigenvalue weighted by Gasteiger charge is -2.17. The predicted molar refractivity (Wildman–Crippen MR) is 112 cm³/mol. The molecule has 1 aliphatic carbocycles. The van der Waals surface area contributed by atoms with Gasteiger partial charge in [-0.3, -0.25) is 9.59 Å². The Labute approximate surface area is 175 Å². The summed E-state index contributed by atoms with van der Waals surface area (Å²) in [5, 5.41) is 14.0. The van der Waals surface area contributed by atoms with Crippen molar-refractivity contribution in [2.75, 3.05) is 13.2 Å². The predicted octanol–water partition coefficient (Wildman–Crippen LogP) is 3.14. The second kappa shape index (κ2) is 9.43. The average molecular weight is 410 g/mol. The summed E-state index contributed by atoms with van der Waals surface area (Å²) >= 11 is 0. The molecule has 2 aromatic rings. The van der Waals surface area contributed by atoms with Gasteiger partial charge >= 0.3 is 12.1 Å². The average Bonchev–Trinajstić information content (AvgIpc) is 3.05. The van der Waals surface area contributed by atoms with Crippen LogP contribution < -0.4 is 10.6 Å². The van der Waals surface area contributed by atoms with Crippen LogP contribution in [0.4, 0.5) is 4.79 Å². The standard InChI is InChI=1S/C23H26N2O5/c1-14(22(27)28)11-12-24-21(26)15(2)25-23(29)30-13-20-18-9-5-3-7-16(18)17-8-4-6-10-19(17)20/h3-10,14-15,20H,11-13H2,1-2H3,(H,24,26)(H,25,29)(H,27,28)/t14?,15-/m0/s1. The molecule has 1 unspecified atom stereocenters. The van der Waals surface area contributed by atoms with E-state index in [1.807, 2.05) is 36.4 Å². The minimum absolute atomic E-state index is 0.0511. The highest BCUT2D eigenvalue weighted by atomic mass is 16.5. The molecule has 2 aromatic carbocycles. The number of hydrogen-bond acceptors (Lipinski definition) is 4. The number of carboxylic acid groups (broad SMARTS) is 1. The zero-order valence-corrected chi connectivity index (χ0v) is 17.1. The van der Waals surface area contributed by atoms with Crippen molar-refractivity contribution in [2.45, 2.75) is 32.2 Å². The summed E-state index contributed by atoms with van der Waals surface area (Å²) in [6.07, 6.45) is -0.350. The molecule has 0 bridgehead atoms. The van der Waals surface area contributed by atoms with Gasteiger partial charge in [0.25, 0.3) is 0 Å². The number of ether oxygens (including phenoxy) is 1. The third-order valence-electron chi connectivity index (χ3n) is 5.37. The molecule has 158 valence electrons. The molecule has 0 spiro atoms. The summed E-state index contributed by atoms with van der Waals surface area (Å²) in [6.45, 7) is 3.53. The Morgan fingerprint density at radius 2 is 1.57 bits per heavy atom. The molecule has 0 fully saturated rings. The number of aliphatic carboxylic acids is 1. The molecular formula is C23H26N2O5. The van der Waals surface area contributed by atoms with Crippen molar-refractivity contribution < 1.29 is 24.2 Å². The monoisotopic (exact) mass is 410 g/mol. The van der Waals surface area contributed by atoms with Gasteiger partial charge in [-0.1, -0.05) is 55.5 Å². The van der Waals surface area contributed by atoms with Gasteiger partial charge in [-0.25, -0.2) is 4.79 Å². The van der Waals surface area contributed by atoms with E-state index in [1.54, 1.807) is 13.8 Å². The van der Waals surface area contributed by atoms with Crippen LogP contribution in [-0.2, 0) is 14.3 Å². The first-order chi connectivity index (χ1) is 14.4. The number of carbonyl (C=O) groups excluding carboxylic acids is 2. The lowest BCUT2D eigenvalue weighted by molar-refractivity contribution is -0.141. The summed E-state index contributed by atoms with van der Waals surface area (Å²) in [4.78, 5) is 35.1. The molecule has 0 radical (unpaired) electrons. The quantitative estimate of drug-likeness (QED) is 0.620. The van der Waals surface area contributed by atoms with E-state index in [4.69, 9.17) is 9.84 Å². The van der Waals surface area contributed by atoms with Gasteiger partial charge in [0.1, 0.15) is 12.6 Å². The molecule has 0 aromatic heterocycles. The van der Waals surface area contributed by atoms with Gasteiger partial charge in [0.15, 0.2) is 0 Å². The van der Waals surface area contributed by atoms with Gasteiger partial charge in [0.05, 0.1) is 5.92 Å². The van der Waals surface area contributed by atoms with Crippen LogP contribution in [0.25, 0.3) is 11.1 Å². The molecule has 30 heavy (non-hydrogen) atoms. The Morgan fingerprint density at radius 3 is 2.13 bits per heavy atom. The third kappa shape index (κ3) is 4.79. The fraction of sp³-hybridized carbons (Fsp3) is 0.348. The first-order valence-electron chi connectivity index (χ1n) is 10.0. The molecule has 3 N–H and O–H groups in total. The maximum atomic E-state index is 12.2. The van der Waals surface area contributed by atoms with Gasteiger partial charge in [0, 0.05) is 12.5 Å². The van der Waals surface area contributed by atoms with Crippen molar-refractivity contribution in [3.63, 3.8) is 0 Å². The highest BCUT2D eigenvalue weighted by Gasteiger charge is 2.29. The van der Waals surface area contributed by atoms with E-state index in [0.717, 1.165) is 22.3 Å². The number of nitrogens with one attached hydrogen (secondary N) is 2. The van der Waals surface area contributed by atoms with Gasteiger partial charge in [-0.05, 0) is 35.6 Å². The lowest BCUT2D eigenvalue weighted by atomic mass is 9.98. The molecule has 2 amide bonds. The molecular weight excluding hydrogens is 384 g/mol. The second-order valence-electron chi connectivity index (χ2n) is 7.51. The molecule has 0 heterocycles. The zero-order chi connectivity index (χ0) is 21.7. The number of alkyl carbamates (subject to hydrolysis) is 1. The van der Waals surface area contributed by atoms with Crippen LogP contribution in [0.5, 0.6) is 0 Å². The fourth-order valence-corrected chi connectivity index (χ4v) is 3.57. The van der Waals surface area contributed by atoms with Crippen molar-refractivity contribution in [2.24, 2.45) is 5.92 Å². The van der Waals surface area contributed by atoms with E-state index in [-0.39, 0.29) is 25.0 Å². The summed E-state index contributed by atoms with van der Waals surface area (Å²) in [6, 6.07) is 15.3. The highest BCUT2D eigenvalue weighted by molar-refractivity contribution is 5.85. The van der Waals surface area contributed by atoms with Crippen LogP contribution in [0.1, 0.15) is 37.3 Å². The Morgan fingerprint density at radius 1 is 1.00 bits per heavy atom. The van der Waals surface area contributed by atoms with Crippen molar-refractivity contribution in [3.05, 3.63) is 59.7 Å². The van der Waals surface area contributed by atoms with Crippen LogP contribution in [0.3, 0.4) is 0 Å². The molecule has 3 rings (SSSR count). The second-order valence-corrected chi connectivity index (χ2v) is 7.51. The van der Waals surface area contributed by atoms with E-state index in [2.05, 4.69) is 22.8 Å². The van der Waals surface area contributed by atoms with Crippen LogP contribution >= 0.6 is 0 Å². The van der Waals surface area contributed by atoms with Crippen LogP contribution in [0.2, 0.25) is 0 Å². The SMILES string of the molecule is CC(CCNC(=O)[C@H](C)NC(=O)OCC1c2ccccc2-c2ccccc21)C(=O)O. The molecule has 0 saturated carbocycles. The maximum absolute atomic E-state index is 12.2. The van der Waals surface area contributed by atoms with E-state index in [1.165, 1.54) is 0 Å². The van der Waals surface area contributed by atoms with E-state index in [0.29, 0.717) is 6.42 Å². The van der Waals surface area contributed by atoms with Crippen LogP contribution in [-0.4, -0.2) is 42.3 Å². The van der Waals surface area contributed by atoms with Crippen LogP contribution in [0, 0.1) is 5.92 Å². The van der Waals surface area contributed by atoms with Gasteiger partial charge < -0.3 is 20.5 Å². The van der Waals surface area contributed by atoms with Gasteiger partial charge in [-0.2, -0.15) is 0 Å². The minimum Gasteiger partial charge on any atom is -0.481 e. The Bertz CT molecular complexity index is 897. The summed E-state index contributed by atoms with van der Waals surface area (Å²) in [7, 11) is 0. The number of rotatable bonds is 8. The van der Waals surface area contributed by atoms with E-state index < -0.39 is 24.0 Å². The van der Waals surface area contributed by atoms with E-state index in [9.17, 15) is 14.4 Å². The highest BCUT2D eigenvalue weighted by Crippen LogP contribution is 2.44. The normalized spacial score (nSPS) is 14.2. The molecule has 0 saturated heterocycles. The van der Waals surface area contributed by atoms with Crippen molar-refractivity contribution in [1.29, 1.82) is 0 Å². The molecule has 7 nitrogen and oxygen atoms in total. The Hall–Kier alpha value is -3.35. The van der Waals surface area contributed by atoms with Crippen molar-refractivity contribution in [1.82, 2.24) is 10.6 Å². The lowest BCUT2D eigenvalue weighted by Crippen LogP contribution is -2.45. The first-order valence-corrected chi connectivity index (χ1v) is 10.0. The van der Waals surface area contributed by atoms with Crippen molar-refractivity contribution >= 4 is 18.0 Å². The number of hydrogen-bond donors (Lipinski definition) is 3. The number of fused-ring (bicyclic) bond motifs is 3. The number of carbonyl (C=O) groups is 3. The number of carboxylic acids is 1. The van der Waals surface area contributed by atoms with Gasteiger partial charge in [0.2, 0.25) is 5.91 Å². The zero-order valence-electron chi connectivity index (χ0n) is 17.1. The van der Waals surface area contributed by atoms with E-state index >= 15 is 0 Å². The summed E-state index contributed by atoms with van der Waals surface area (Å²) < 4.78 is 5.43. The molecule has 2 atom stereocenters. The molecule has 1 aliphatic rings. The Balaban J connectivity index is 1.51. The molecule has 7 heteroatoms. The third-order valence-corrected chi connectivity index (χ3v) is 5.37. The number of amides is 2. The fourth-order valence-electron chi connectivity index (χ4n) is 3.57. The maximum Gasteiger partial charge on any atom is 0.407 e. The summed E-state index contributed by atoms with van der Waals surface area (Å²) in [5.74, 6) is -1.89. The van der Waals surface area contributed by atoms with Gasteiger partial charge in [-0.15, -0.1) is 0 Å². The minimum atomic E-state index is -0.908. The summed E-state index contributed by atoms with van der Waals surface area (Å²) in [5.41, 5.74) is 4.52. The topological polar surface area (TPSA) is 105 Å². The first kappa shape index (κ1) is 21.4. The smallest absolute Gasteiger partial charge is 0.407 e. The van der Waals surface area contributed by atoms with Crippen LogP contribution in [0.15, 0.2) is 48.5 Å². The Kier molecular flexibility index (Phi) is 6.72. The molecule has 0 aliphatic heterocycles. The van der Waals surface area contributed by atoms with Crippen molar-refractivity contribution in [3.8, 4) is 11.1 Å². The largest absolute Gasteiger partial charge is 0.481 e.